The molecule has 0 aromatic carbocycles. The van der Waals surface area contributed by atoms with Crippen LogP contribution in [0.25, 0.3) is 0 Å². The van der Waals surface area contributed by atoms with E-state index in [0.29, 0.717) is 23.8 Å². The second-order valence-corrected chi connectivity index (χ2v) is 9.96. The van der Waals surface area contributed by atoms with E-state index in [4.69, 9.17) is 8.94 Å². The average molecular weight is 485 g/mol. The molecule has 2 aliphatic rings. The molecule has 4 rings (SSSR count). The maximum atomic E-state index is 13.9. The largest absolute Gasteiger partial charge is 0.467 e. The predicted molar refractivity (Wildman–Crippen MR) is 129 cm³/mol. The number of aryl methyl sites for hydroxylation is 1. The Kier molecular flexibility index (Phi) is 7.93. The fourth-order valence-corrected chi connectivity index (χ4v) is 5.57. The molecule has 0 bridgehead atoms. The van der Waals surface area contributed by atoms with Crippen LogP contribution >= 0.6 is 0 Å². The number of rotatable bonds is 9. The summed E-state index contributed by atoms with van der Waals surface area (Å²) < 4.78 is 10.6. The van der Waals surface area contributed by atoms with E-state index in [0.717, 1.165) is 44.9 Å². The van der Waals surface area contributed by atoms with Gasteiger partial charge >= 0.3 is 0 Å². The molecule has 2 N–H and O–H groups in total. The Bertz CT molecular complexity index is 1010. The maximum absolute atomic E-state index is 13.9. The summed E-state index contributed by atoms with van der Waals surface area (Å²) in [6, 6.07) is 5.37. The van der Waals surface area contributed by atoms with Crippen LogP contribution in [0.5, 0.6) is 0 Å². The highest BCUT2D eigenvalue weighted by molar-refractivity contribution is 5.95. The van der Waals surface area contributed by atoms with Crippen molar-refractivity contribution in [2.45, 2.75) is 96.2 Å². The summed E-state index contributed by atoms with van der Waals surface area (Å²) in [6.07, 6.45) is 9.08. The van der Waals surface area contributed by atoms with Crippen LogP contribution in [0, 0.1) is 12.8 Å². The molecule has 2 saturated carbocycles. The van der Waals surface area contributed by atoms with Crippen molar-refractivity contribution in [1.29, 1.82) is 0 Å². The molecule has 9 nitrogen and oxygen atoms in total. The number of aromatic nitrogens is 1. The number of anilines is 1. The van der Waals surface area contributed by atoms with Crippen LogP contribution in [0.4, 0.5) is 5.82 Å². The fourth-order valence-electron chi connectivity index (χ4n) is 5.57. The normalized spacial score (nSPS) is 22.6. The van der Waals surface area contributed by atoms with E-state index < -0.39 is 5.54 Å². The SMILES string of the molecule is Cc1cc(NC(=O)CCC(=O)N(Cc2ccco2)[C@]2(C(=O)NC3CCCC3)CCCC[C@H]2C)no1. The Labute approximate surface area is 206 Å². The number of carbonyl (C=O) groups excluding carboxylic acids is 3. The minimum Gasteiger partial charge on any atom is -0.467 e. The number of nitrogens with zero attached hydrogens (tertiary/aromatic N) is 2. The Morgan fingerprint density at radius 1 is 1.14 bits per heavy atom. The molecule has 0 unspecified atom stereocenters. The van der Waals surface area contributed by atoms with Gasteiger partial charge in [0.1, 0.15) is 17.1 Å². The van der Waals surface area contributed by atoms with E-state index in [-0.39, 0.29) is 49.1 Å². The molecule has 2 heterocycles. The zero-order valence-corrected chi connectivity index (χ0v) is 20.7. The first kappa shape index (κ1) is 25.0. The van der Waals surface area contributed by atoms with Gasteiger partial charge in [0.15, 0.2) is 5.82 Å². The third kappa shape index (κ3) is 5.77. The van der Waals surface area contributed by atoms with Crippen LogP contribution in [0.1, 0.15) is 82.7 Å². The molecule has 0 spiro atoms. The van der Waals surface area contributed by atoms with E-state index in [2.05, 4.69) is 22.7 Å². The lowest BCUT2D eigenvalue weighted by molar-refractivity contribution is -0.156. The minimum atomic E-state index is -0.968. The third-order valence-corrected chi connectivity index (χ3v) is 7.48. The first-order valence-corrected chi connectivity index (χ1v) is 12.8. The van der Waals surface area contributed by atoms with Gasteiger partial charge in [0.05, 0.1) is 12.8 Å². The third-order valence-electron chi connectivity index (χ3n) is 7.48. The van der Waals surface area contributed by atoms with Gasteiger partial charge in [0.2, 0.25) is 17.7 Å². The van der Waals surface area contributed by atoms with E-state index in [1.807, 2.05) is 6.07 Å². The van der Waals surface area contributed by atoms with Gasteiger partial charge in [-0.05, 0) is 50.7 Å². The summed E-state index contributed by atoms with van der Waals surface area (Å²) in [5.41, 5.74) is -0.968. The van der Waals surface area contributed by atoms with Crippen molar-refractivity contribution in [1.82, 2.24) is 15.4 Å². The molecule has 0 aliphatic heterocycles. The Morgan fingerprint density at radius 2 is 1.91 bits per heavy atom. The second-order valence-electron chi connectivity index (χ2n) is 9.96. The highest BCUT2D eigenvalue weighted by Gasteiger charge is 2.51. The summed E-state index contributed by atoms with van der Waals surface area (Å²) in [5.74, 6) is 0.881. The lowest BCUT2D eigenvalue weighted by Crippen LogP contribution is -2.65. The quantitative estimate of drug-likeness (QED) is 0.547. The van der Waals surface area contributed by atoms with Crippen molar-refractivity contribution in [3.8, 4) is 0 Å². The van der Waals surface area contributed by atoms with E-state index in [1.165, 1.54) is 0 Å². The van der Waals surface area contributed by atoms with Gasteiger partial charge in [-0.25, -0.2) is 0 Å². The molecule has 0 saturated heterocycles. The van der Waals surface area contributed by atoms with Crippen molar-refractivity contribution >= 4 is 23.5 Å². The van der Waals surface area contributed by atoms with Gasteiger partial charge in [-0.1, -0.05) is 37.8 Å². The van der Waals surface area contributed by atoms with Crippen LogP contribution in [-0.4, -0.2) is 39.4 Å². The zero-order valence-electron chi connectivity index (χ0n) is 20.7. The molecule has 0 radical (unpaired) electrons. The molecule has 2 aromatic heterocycles. The van der Waals surface area contributed by atoms with Gasteiger partial charge in [0, 0.05) is 24.9 Å². The van der Waals surface area contributed by atoms with Crippen molar-refractivity contribution in [2.75, 3.05) is 5.32 Å². The summed E-state index contributed by atoms with van der Waals surface area (Å²) in [7, 11) is 0. The number of hydrogen-bond acceptors (Lipinski definition) is 6. The number of nitrogens with one attached hydrogen (secondary N) is 2. The highest BCUT2D eigenvalue weighted by Crippen LogP contribution is 2.41. The van der Waals surface area contributed by atoms with Crippen molar-refractivity contribution < 1.29 is 23.3 Å². The number of amides is 3. The zero-order chi connectivity index (χ0) is 24.8. The first-order chi connectivity index (χ1) is 16.9. The second kappa shape index (κ2) is 11.1. The van der Waals surface area contributed by atoms with Gasteiger partial charge in [-0.2, -0.15) is 0 Å². The Morgan fingerprint density at radius 3 is 2.57 bits per heavy atom. The molecule has 3 amide bonds. The number of furan rings is 1. The Balaban J connectivity index is 1.54. The smallest absolute Gasteiger partial charge is 0.246 e. The van der Waals surface area contributed by atoms with Gasteiger partial charge < -0.3 is 24.5 Å². The highest BCUT2D eigenvalue weighted by atomic mass is 16.5. The monoisotopic (exact) mass is 484 g/mol. The van der Waals surface area contributed by atoms with Crippen molar-refractivity contribution in [3.63, 3.8) is 0 Å². The molecule has 9 heteroatoms. The minimum absolute atomic E-state index is 0.0107. The molecular formula is C26H36N4O5. The van der Waals surface area contributed by atoms with Crippen LogP contribution in [0.3, 0.4) is 0 Å². The molecule has 190 valence electrons. The van der Waals surface area contributed by atoms with Crippen molar-refractivity contribution in [2.24, 2.45) is 5.92 Å². The molecule has 35 heavy (non-hydrogen) atoms. The topological polar surface area (TPSA) is 118 Å². The summed E-state index contributed by atoms with van der Waals surface area (Å²) >= 11 is 0. The predicted octanol–water partition coefficient (Wildman–Crippen LogP) is 4.33. The van der Waals surface area contributed by atoms with Crippen LogP contribution in [0.15, 0.2) is 33.4 Å². The molecule has 2 aliphatic carbocycles. The lowest BCUT2D eigenvalue weighted by atomic mass is 9.71. The van der Waals surface area contributed by atoms with E-state index in [1.54, 1.807) is 30.2 Å². The average Bonchev–Trinajstić information content (AvgIpc) is 3.61. The first-order valence-electron chi connectivity index (χ1n) is 12.8. The van der Waals surface area contributed by atoms with Gasteiger partial charge in [-0.15, -0.1) is 0 Å². The number of hydrogen-bond donors (Lipinski definition) is 2. The lowest BCUT2D eigenvalue weighted by Gasteiger charge is -2.49. The van der Waals surface area contributed by atoms with E-state index in [9.17, 15) is 14.4 Å². The van der Waals surface area contributed by atoms with Crippen molar-refractivity contribution in [3.05, 3.63) is 36.0 Å². The van der Waals surface area contributed by atoms with Gasteiger partial charge in [-0.3, -0.25) is 14.4 Å². The molecular weight excluding hydrogens is 448 g/mol. The van der Waals surface area contributed by atoms with E-state index >= 15 is 0 Å². The fraction of sp³-hybridized carbons (Fsp3) is 0.615. The summed E-state index contributed by atoms with van der Waals surface area (Å²) in [5, 5.41) is 9.70. The molecule has 2 aromatic rings. The van der Waals surface area contributed by atoms with Crippen LogP contribution < -0.4 is 10.6 Å². The summed E-state index contributed by atoms with van der Waals surface area (Å²) in [6.45, 7) is 3.99. The van der Waals surface area contributed by atoms with Crippen LogP contribution in [0.2, 0.25) is 0 Å². The van der Waals surface area contributed by atoms with Crippen LogP contribution in [-0.2, 0) is 20.9 Å². The number of carbonyl (C=O) groups is 3. The standard InChI is InChI=1S/C26H36N4O5/c1-18-8-5-6-14-26(18,25(33)27-20-9-3-4-10-20)30(17-21-11-7-15-34-21)24(32)13-12-23(31)28-22-16-19(2)35-29-22/h7,11,15-16,18,20H,3-6,8-10,12-14,17H2,1-2H3,(H,27,33)(H,28,29,31)/t18-,26-/m1/s1. The van der Waals surface area contributed by atoms with Gasteiger partial charge in [0.25, 0.3) is 0 Å². The maximum Gasteiger partial charge on any atom is 0.246 e. The summed E-state index contributed by atoms with van der Waals surface area (Å²) in [4.78, 5) is 41.8. The molecule has 2 fully saturated rings. The molecule has 2 atom stereocenters. The Hall–Kier alpha value is -3.10.